The summed E-state index contributed by atoms with van der Waals surface area (Å²) in [5.74, 6) is 0.518. The Hall–Kier alpha value is -4.57. The van der Waals surface area contributed by atoms with Gasteiger partial charge in [0.2, 0.25) is 5.91 Å². The van der Waals surface area contributed by atoms with Crippen LogP contribution in [0.4, 0.5) is 4.79 Å². The fourth-order valence-corrected chi connectivity index (χ4v) is 5.69. The van der Waals surface area contributed by atoms with Gasteiger partial charge in [-0.05, 0) is 71.5 Å². The molecule has 0 radical (unpaired) electrons. The van der Waals surface area contributed by atoms with Crippen LogP contribution in [0.15, 0.2) is 60.8 Å². The Morgan fingerprint density at radius 1 is 1.02 bits per heavy atom. The van der Waals surface area contributed by atoms with Crippen LogP contribution in [0, 0.1) is 0 Å². The van der Waals surface area contributed by atoms with Gasteiger partial charge in [-0.1, -0.05) is 30.3 Å². The van der Waals surface area contributed by atoms with Gasteiger partial charge in [-0.3, -0.25) is 4.79 Å². The average Bonchev–Trinajstić information content (AvgIpc) is 3.79. The minimum atomic E-state index is -0.865. The van der Waals surface area contributed by atoms with Crippen molar-refractivity contribution in [1.82, 2.24) is 30.8 Å². The lowest BCUT2D eigenvalue weighted by Crippen LogP contribution is -2.54. The zero-order valence-corrected chi connectivity index (χ0v) is 23.4. The van der Waals surface area contributed by atoms with Gasteiger partial charge >= 0.3 is 6.09 Å². The van der Waals surface area contributed by atoms with Crippen molar-refractivity contribution >= 4 is 39.5 Å². The van der Waals surface area contributed by atoms with E-state index in [4.69, 9.17) is 14.5 Å². The number of methoxy groups -OCH3 is 2. The van der Waals surface area contributed by atoms with Gasteiger partial charge in [-0.2, -0.15) is 0 Å². The van der Waals surface area contributed by atoms with Crippen LogP contribution in [-0.4, -0.2) is 66.4 Å². The number of benzene rings is 3. The van der Waals surface area contributed by atoms with Crippen LogP contribution in [0.25, 0.3) is 38.6 Å². The van der Waals surface area contributed by atoms with Gasteiger partial charge in [0, 0.05) is 19.9 Å². The zero-order valence-electron chi connectivity index (χ0n) is 23.4. The highest BCUT2D eigenvalue weighted by molar-refractivity contribution is 5.91. The van der Waals surface area contributed by atoms with Crippen molar-refractivity contribution in [3.63, 3.8) is 0 Å². The SMILES string of the molecule is COC(=O)N[C@H](C(=O)N1CCC[C@H]1c1nc2ccc(-c3ccc4cc(C5=CNCN5)ccc4c3)cc2[nH]1)[C@@H](C)OC. The van der Waals surface area contributed by atoms with Crippen molar-refractivity contribution in [3.8, 4) is 11.1 Å². The lowest BCUT2D eigenvalue weighted by atomic mass is 9.99. The topological polar surface area (TPSA) is 121 Å². The second-order valence-corrected chi connectivity index (χ2v) is 10.5. The first-order valence-electron chi connectivity index (χ1n) is 13.8. The van der Waals surface area contributed by atoms with Crippen LogP contribution in [0.1, 0.15) is 37.2 Å². The number of rotatable bonds is 7. The molecular formula is C31H34N6O4. The van der Waals surface area contributed by atoms with E-state index in [1.165, 1.54) is 25.0 Å². The molecule has 4 N–H and O–H groups in total. The van der Waals surface area contributed by atoms with Crippen molar-refractivity contribution in [2.24, 2.45) is 0 Å². The van der Waals surface area contributed by atoms with Crippen molar-refractivity contribution in [1.29, 1.82) is 0 Å². The standard InChI is InChI=1S/C31H34N6O4/c1-18(40-2)28(36-31(39)41-3)30(38)37-12-4-5-27(37)29-34-24-11-10-22(15-25(24)35-29)20-6-7-21-14-23(9-8-19(21)13-20)26-16-32-17-33-26/h6-11,13-16,18,27-28,32-33H,4-5,12,17H2,1-3H3,(H,34,35)(H,36,39)/t18-,27+,28+/m1/s1. The molecule has 2 aliphatic heterocycles. The van der Waals surface area contributed by atoms with Crippen LogP contribution in [0.2, 0.25) is 0 Å². The molecule has 2 aliphatic rings. The Kier molecular flexibility index (Phi) is 7.23. The fraction of sp³-hybridized carbons (Fsp3) is 0.323. The van der Waals surface area contributed by atoms with Crippen molar-refractivity contribution in [2.75, 3.05) is 27.4 Å². The fourth-order valence-electron chi connectivity index (χ4n) is 5.69. The highest BCUT2D eigenvalue weighted by Crippen LogP contribution is 2.34. The maximum absolute atomic E-state index is 13.6. The number of nitrogens with zero attached hydrogens (tertiary/aromatic N) is 2. The quantitative estimate of drug-likeness (QED) is 0.270. The summed E-state index contributed by atoms with van der Waals surface area (Å²) in [4.78, 5) is 35.6. The third-order valence-corrected chi connectivity index (χ3v) is 8.03. The average molecular weight is 555 g/mol. The Bertz CT molecular complexity index is 1650. The summed E-state index contributed by atoms with van der Waals surface area (Å²) in [6.45, 7) is 3.07. The van der Waals surface area contributed by atoms with E-state index in [0.29, 0.717) is 6.54 Å². The minimum absolute atomic E-state index is 0.219. The van der Waals surface area contributed by atoms with Crippen molar-refractivity contribution in [3.05, 3.63) is 72.2 Å². The summed E-state index contributed by atoms with van der Waals surface area (Å²) in [5, 5.41) is 11.5. The van der Waals surface area contributed by atoms with Gasteiger partial charge in [-0.25, -0.2) is 9.78 Å². The molecule has 3 aromatic carbocycles. The molecule has 1 saturated heterocycles. The number of fused-ring (bicyclic) bond motifs is 2. The number of amides is 2. The lowest BCUT2D eigenvalue weighted by molar-refractivity contribution is -0.137. The minimum Gasteiger partial charge on any atom is -0.453 e. The molecule has 1 aromatic heterocycles. The highest BCUT2D eigenvalue weighted by atomic mass is 16.5. The number of aromatic amines is 1. The van der Waals surface area contributed by atoms with E-state index in [9.17, 15) is 9.59 Å². The first-order chi connectivity index (χ1) is 19.9. The Balaban J connectivity index is 1.25. The number of H-pyrrole nitrogens is 1. The third kappa shape index (κ3) is 5.18. The predicted molar refractivity (Wildman–Crippen MR) is 158 cm³/mol. The summed E-state index contributed by atoms with van der Waals surface area (Å²) in [6.07, 6.45) is 2.42. The maximum atomic E-state index is 13.6. The monoisotopic (exact) mass is 554 g/mol. The smallest absolute Gasteiger partial charge is 0.407 e. The summed E-state index contributed by atoms with van der Waals surface area (Å²) in [7, 11) is 2.78. The molecule has 1 fully saturated rings. The molecule has 2 amide bonds. The molecule has 10 nitrogen and oxygen atoms in total. The van der Waals surface area contributed by atoms with Crippen LogP contribution >= 0.6 is 0 Å². The number of hydrogen-bond acceptors (Lipinski definition) is 7. The first kappa shape index (κ1) is 26.6. The number of hydrogen-bond donors (Lipinski definition) is 4. The van der Waals surface area contributed by atoms with Crippen LogP contribution in [0.3, 0.4) is 0 Å². The third-order valence-electron chi connectivity index (χ3n) is 8.03. The van der Waals surface area contributed by atoms with E-state index >= 15 is 0 Å². The largest absolute Gasteiger partial charge is 0.453 e. The molecule has 3 heterocycles. The molecule has 4 aromatic rings. The summed E-state index contributed by atoms with van der Waals surface area (Å²) < 4.78 is 10.1. The van der Waals surface area contributed by atoms with E-state index in [1.54, 1.807) is 11.8 Å². The first-order valence-corrected chi connectivity index (χ1v) is 13.8. The van der Waals surface area contributed by atoms with Gasteiger partial charge in [0.1, 0.15) is 11.9 Å². The van der Waals surface area contributed by atoms with E-state index in [-0.39, 0.29) is 11.9 Å². The number of nitrogens with one attached hydrogen (secondary N) is 4. The molecule has 41 heavy (non-hydrogen) atoms. The Morgan fingerprint density at radius 3 is 2.49 bits per heavy atom. The van der Waals surface area contributed by atoms with Crippen molar-refractivity contribution < 1.29 is 19.1 Å². The van der Waals surface area contributed by atoms with Crippen LogP contribution in [-0.2, 0) is 14.3 Å². The summed E-state index contributed by atoms with van der Waals surface area (Å²) >= 11 is 0. The second-order valence-electron chi connectivity index (χ2n) is 10.5. The molecule has 10 heteroatoms. The van der Waals surface area contributed by atoms with Crippen molar-refractivity contribution in [2.45, 2.75) is 38.0 Å². The lowest BCUT2D eigenvalue weighted by Gasteiger charge is -2.30. The van der Waals surface area contributed by atoms with Gasteiger partial charge in [0.05, 0.1) is 42.7 Å². The molecule has 212 valence electrons. The predicted octanol–water partition coefficient (Wildman–Crippen LogP) is 4.25. The zero-order chi connectivity index (χ0) is 28.5. The molecule has 0 aliphatic carbocycles. The molecule has 0 saturated carbocycles. The number of aromatic nitrogens is 2. The number of ether oxygens (including phenoxy) is 2. The van der Waals surface area contributed by atoms with Crippen LogP contribution < -0.4 is 16.0 Å². The number of carbonyl (C=O) groups excluding carboxylic acids is 2. The molecular weight excluding hydrogens is 520 g/mol. The Morgan fingerprint density at radius 2 is 1.76 bits per heavy atom. The van der Waals surface area contributed by atoms with E-state index in [1.807, 2.05) is 12.3 Å². The molecule has 0 unspecified atom stereocenters. The van der Waals surface area contributed by atoms with E-state index in [2.05, 4.69) is 69.5 Å². The maximum Gasteiger partial charge on any atom is 0.407 e. The number of alkyl carbamates (subject to hydrolysis) is 1. The van der Waals surface area contributed by atoms with Gasteiger partial charge in [0.25, 0.3) is 0 Å². The summed E-state index contributed by atoms with van der Waals surface area (Å²) in [5.41, 5.74) is 6.21. The number of imidazole rings is 1. The highest BCUT2D eigenvalue weighted by Gasteiger charge is 2.38. The normalized spacial score (nSPS) is 18.1. The molecule has 3 atom stereocenters. The van der Waals surface area contributed by atoms with E-state index < -0.39 is 18.2 Å². The van der Waals surface area contributed by atoms with Crippen LogP contribution in [0.5, 0.6) is 0 Å². The molecule has 0 bridgehead atoms. The summed E-state index contributed by atoms with van der Waals surface area (Å²) in [6, 6.07) is 18.1. The Labute approximate surface area is 238 Å². The molecule has 0 spiro atoms. The number of carbonyl (C=O) groups is 2. The molecule has 6 rings (SSSR count). The van der Waals surface area contributed by atoms with E-state index in [0.717, 1.165) is 58.8 Å². The van der Waals surface area contributed by atoms with Gasteiger partial charge in [-0.15, -0.1) is 0 Å². The van der Waals surface area contributed by atoms with Gasteiger partial charge < -0.3 is 35.3 Å². The van der Waals surface area contributed by atoms with Gasteiger partial charge in [0.15, 0.2) is 0 Å². The number of likely N-dealkylation sites (tertiary alicyclic amines) is 1. The second kappa shape index (κ2) is 11.1.